The number of nitrogens with one attached hydrogen (secondary N) is 1. The average molecular weight is 391 g/mol. The summed E-state index contributed by atoms with van der Waals surface area (Å²) in [6.45, 7) is 7.24. The van der Waals surface area contributed by atoms with Gasteiger partial charge in [0.2, 0.25) is 0 Å². The van der Waals surface area contributed by atoms with E-state index >= 15 is 0 Å². The lowest BCUT2D eigenvalue weighted by Crippen LogP contribution is -2.30. The van der Waals surface area contributed by atoms with Gasteiger partial charge in [-0.2, -0.15) is 5.10 Å². The minimum atomic E-state index is -0.0373. The number of rotatable bonds is 5. The predicted molar refractivity (Wildman–Crippen MR) is 108 cm³/mol. The van der Waals surface area contributed by atoms with Crippen molar-refractivity contribution in [2.45, 2.75) is 46.2 Å². The van der Waals surface area contributed by atoms with Crippen LogP contribution in [0.3, 0.4) is 0 Å². The number of hydrogen-bond acceptors (Lipinski definition) is 4. The number of hydrogen-bond donors (Lipinski definition) is 1. The first kappa shape index (κ1) is 19.6. The van der Waals surface area contributed by atoms with Gasteiger partial charge >= 0.3 is 5.69 Å². The Kier molecular flexibility index (Phi) is 6.01. The van der Waals surface area contributed by atoms with Gasteiger partial charge in [-0.25, -0.2) is 14.5 Å². The van der Waals surface area contributed by atoms with Gasteiger partial charge < -0.3 is 9.72 Å². The molecular weight excluding hydrogens is 364 g/mol. The van der Waals surface area contributed by atoms with E-state index in [0.29, 0.717) is 19.0 Å². The lowest BCUT2D eigenvalue weighted by molar-refractivity contribution is 0.362. The second kappa shape index (κ2) is 8.27. The van der Waals surface area contributed by atoms with Gasteiger partial charge in [0.05, 0.1) is 12.2 Å². The zero-order chi connectivity index (χ0) is 18.1. The van der Waals surface area contributed by atoms with Gasteiger partial charge in [0.25, 0.3) is 0 Å². The summed E-state index contributed by atoms with van der Waals surface area (Å²) >= 11 is 0. The Hall–Kier alpha value is -2.12. The number of pyridine rings is 1. The molecule has 8 heteroatoms. The summed E-state index contributed by atoms with van der Waals surface area (Å²) in [7, 11) is 0. The van der Waals surface area contributed by atoms with Gasteiger partial charge in [0, 0.05) is 25.4 Å². The standard InChI is InChI=1S/C19H26N6O.ClH/c1-3-24-18(10-15-6-8-20-9-7-15)22-25(19(24)26)13-16-12-23-11-14(2)4-5-17(23)21-16;/h4-5,11-12,15,20H,3,6-10,13H2,1-2H3;1H. The van der Waals surface area contributed by atoms with Crippen molar-refractivity contribution in [1.29, 1.82) is 0 Å². The van der Waals surface area contributed by atoms with Crippen molar-refractivity contribution in [1.82, 2.24) is 29.0 Å². The molecule has 0 atom stereocenters. The van der Waals surface area contributed by atoms with Crippen LogP contribution < -0.4 is 11.0 Å². The van der Waals surface area contributed by atoms with E-state index in [4.69, 9.17) is 0 Å². The lowest BCUT2D eigenvalue weighted by Gasteiger charge is -2.21. The summed E-state index contributed by atoms with van der Waals surface area (Å²) in [5.74, 6) is 1.51. The molecule has 0 saturated carbocycles. The first-order valence-electron chi connectivity index (χ1n) is 9.45. The van der Waals surface area contributed by atoms with Crippen LogP contribution in [0.5, 0.6) is 0 Å². The molecule has 3 aromatic heterocycles. The maximum Gasteiger partial charge on any atom is 0.346 e. The Bertz CT molecular complexity index is 966. The summed E-state index contributed by atoms with van der Waals surface area (Å²) in [5, 5.41) is 8.05. The third kappa shape index (κ3) is 4.09. The van der Waals surface area contributed by atoms with Crippen LogP contribution in [-0.2, 0) is 19.5 Å². The molecule has 0 amide bonds. The van der Waals surface area contributed by atoms with Gasteiger partial charge in [-0.05, 0) is 57.3 Å². The van der Waals surface area contributed by atoms with Gasteiger partial charge in [-0.3, -0.25) is 4.57 Å². The number of aryl methyl sites for hydroxylation is 1. The maximum absolute atomic E-state index is 12.8. The Morgan fingerprint density at radius 2 is 2.00 bits per heavy atom. The van der Waals surface area contributed by atoms with E-state index in [1.165, 1.54) is 5.56 Å². The van der Waals surface area contributed by atoms with E-state index in [9.17, 15) is 4.79 Å². The molecule has 0 unspecified atom stereocenters. The van der Waals surface area contributed by atoms with Crippen molar-refractivity contribution in [3.8, 4) is 0 Å². The Labute approximate surface area is 164 Å². The largest absolute Gasteiger partial charge is 0.346 e. The molecule has 1 N–H and O–H groups in total. The first-order chi connectivity index (χ1) is 12.6. The molecule has 146 valence electrons. The summed E-state index contributed by atoms with van der Waals surface area (Å²) in [5.41, 5.74) is 2.89. The molecule has 27 heavy (non-hydrogen) atoms. The minimum absolute atomic E-state index is 0. The van der Waals surface area contributed by atoms with Crippen LogP contribution in [0.15, 0.2) is 29.3 Å². The van der Waals surface area contributed by atoms with Crippen molar-refractivity contribution in [3.05, 3.63) is 52.1 Å². The lowest BCUT2D eigenvalue weighted by atomic mass is 9.94. The molecule has 0 aliphatic carbocycles. The number of imidazole rings is 1. The highest BCUT2D eigenvalue weighted by Crippen LogP contribution is 2.16. The number of halogens is 1. The molecule has 3 aromatic rings. The van der Waals surface area contributed by atoms with Crippen LogP contribution in [0, 0.1) is 12.8 Å². The fourth-order valence-electron chi connectivity index (χ4n) is 3.79. The third-order valence-corrected chi connectivity index (χ3v) is 5.21. The zero-order valence-corrected chi connectivity index (χ0v) is 16.7. The normalized spacial score (nSPS) is 15.2. The molecule has 1 saturated heterocycles. The summed E-state index contributed by atoms with van der Waals surface area (Å²) < 4.78 is 5.37. The highest BCUT2D eigenvalue weighted by atomic mass is 35.5. The van der Waals surface area contributed by atoms with Gasteiger partial charge in [0.1, 0.15) is 11.5 Å². The molecule has 1 aliphatic rings. The van der Waals surface area contributed by atoms with Crippen molar-refractivity contribution >= 4 is 18.1 Å². The molecule has 4 heterocycles. The Morgan fingerprint density at radius 3 is 2.74 bits per heavy atom. The maximum atomic E-state index is 12.8. The SMILES string of the molecule is CCn1c(CC2CCNCC2)nn(Cc2cn3cc(C)ccc3n2)c1=O.Cl. The monoisotopic (exact) mass is 390 g/mol. The molecule has 0 radical (unpaired) electrons. The number of piperidine rings is 1. The van der Waals surface area contributed by atoms with Crippen molar-refractivity contribution in [2.75, 3.05) is 13.1 Å². The van der Waals surface area contributed by atoms with Crippen LogP contribution in [-0.4, -0.2) is 36.8 Å². The van der Waals surface area contributed by atoms with Crippen LogP contribution in [0.1, 0.15) is 36.8 Å². The highest BCUT2D eigenvalue weighted by Gasteiger charge is 2.19. The van der Waals surface area contributed by atoms with Crippen molar-refractivity contribution < 1.29 is 0 Å². The third-order valence-electron chi connectivity index (χ3n) is 5.21. The molecule has 0 aromatic carbocycles. The number of aromatic nitrogens is 5. The summed E-state index contributed by atoms with van der Waals surface area (Å²) in [6.07, 6.45) is 7.20. The topological polar surface area (TPSA) is 69.2 Å². The van der Waals surface area contributed by atoms with E-state index < -0.39 is 0 Å². The molecular formula is C19H27ClN6O. The van der Waals surface area contributed by atoms with Gasteiger partial charge in [-0.1, -0.05) is 6.07 Å². The first-order valence-corrected chi connectivity index (χ1v) is 9.45. The quantitative estimate of drug-likeness (QED) is 0.723. The summed E-state index contributed by atoms with van der Waals surface area (Å²) in [6, 6.07) is 4.04. The second-order valence-electron chi connectivity index (χ2n) is 7.20. The molecule has 1 aliphatic heterocycles. The van der Waals surface area contributed by atoms with Gasteiger partial charge in [-0.15, -0.1) is 12.4 Å². The van der Waals surface area contributed by atoms with Crippen molar-refractivity contribution in [2.24, 2.45) is 5.92 Å². The van der Waals surface area contributed by atoms with E-state index in [0.717, 1.165) is 49.5 Å². The predicted octanol–water partition coefficient (Wildman–Crippen LogP) is 2.03. The summed E-state index contributed by atoms with van der Waals surface area (Å²) in [4.78, 5) is 17.4. The molecule has 0 bridgehead atoms. The second-order valence-corrected chi connectivity index (χ2v) is 7.20. The fourth-order valence-corrected chi connectivity index (χ4v) is 3.79. The molecule has 1 fully saturated rings. The fraction of sp³-hybridized carbons (Fsp3) is 0.526. The van der Waals surface area contributed by atoms with E-state index in [1.54, 1.807) is 4.68 Å². The van der Waals surface area contributed by atoms with E-state index in [-0.39, 0.29) is 18.1 Å². The molecule has 4 rings (SSSR count). The zero-order valence-electron chi connectivity index (χ0n) is 15.9. The van der Waals surface area contributed by atoms with Crippen molar-refractivity contribution in [3.63, 3.8) is 0 Å². The van der Waals surface area contributed by atoms with Crippen LogP contribution in [0.4, 0.5) is 0 Å². The Morgan fingerprint density at radius 1 is 1.22 bits per heavy atom. The minimum Gasteiger partial charge on any atom is -0.317 e. The average Bonchev–Trinajstić information content (AvgIpc) is 3.16. The van der Waals surface area contributed by atoms with E-state index in [1.807, 2.05) is 40.4 Å². The highest BCUT2D eigenvalue weighted by molar-refractivity contribution is 5.85. The van der Waals surface area contributed by atoms with Gasteiger partial charge in [0.15, 0.2) is 0 Å². The van der Waals surface area contributed by atoms with E-state index in [2.05, 4.69) is 22.3 Å². The number of fused-ring (bicyclic) bond motifs is 1. The number of nitrogens with zero attached hydrogens (tertiary/aromatic N) is 5. The molecule has 7 nitrogen and oxygen atoms in total. The van der Waals surface area contributed by atoms with Crippen LogP contribution in [0.25, 0.3) is 5.65 Å². The van der Waals surface area contributed by atoms with Crippen LogP contribution >= 0.6 is 12.4 Å². The molecule has 0 spiro atoms. The Balaban J connectivity index is 0.00000210. The van der Waals surface area contributed by atoms with Crippen LogP contribution in [0.2, 0.25) is 0 Å². The smallest absolute Gasteiger partial charge is 0.317 e.